The molecule has 38 heavy (non-hydrogen) atoms. The lowest BCUT2D eigenvalue weighted by Gasteiger charge is -2.33. The highest BCUT2D eigenvalue weighted by atomic mass is 32.2. The van der Waals surface area contributed by atoms with E-state index in [9.17, 15) is 18.0 Å². The average molecular weight is 538 g/mol. The number of carbonyl (C=O) groups is 2. The Bertz CT molecular complexity index is 1350. The first-order valence-electron chi connectivity index (χ1n) is 12.2. The van der Waals surface area contributed by atoms with Crippen LogP contribution in [0.2, 0.25) is 0 Å². The molecule has 1 saturated heterocycles. The van der Waals surface area contributed by atoms with E-state index in [-0.39, 0.29) is 24.0 Å². The molecule has 0 spiro atoms. The van der Waals surface area contributed by atoms with Gasteiger partial charge in [-0.25, -0.2) is 13.1 Å². The van der Waals surface area contributed by atoms with Crippen molar-refractivity contribution in [3.05, 3.63) is 95.4 Å². The lowest BCUT2D eigenvalue weighted by atomic mass is 9.84. The molecule has 0 radical (unpaired) electrons. The molecule has 1 fully saturated rings. The minimum Gasteiger partial charge on any atom is -0.456 e. The van der Waals surface area contributed by atoms with Crippen LogP contribution in [-0.4, -0.2) is 55.9 Å². The molecule has 2 amide bonds. The van der Waals surface area contributed by atoms with Gasteiger partial charge < -0.3 is 20.4 Å². The number of hydrogen-bond donors (Lipinski definition) is 4. The largest absolute Gasteiger partial charge is 0.456 e. The number of furan rings is 1. The summed E-state index contributed by atoms with van der Waals surface area (Å²) < 4.78 is 32.9. The van der Waals surface area contributed by atoms with Crippen LogP contribution in [0.3, 0.4) is 0 Å². The summed E-state index contributed by atoms with van der Waals surface area (Å²) >= 11 is 0. The highest BCUT2D eigenvalue weighted by Gasteiger charge is 2.41. The predicted octanol–water partition coefficient (Wildman–Crippen LogP) is 1.92. The Hall–Kier alpha value is -3.96. The van der Waals surface area contributed by atoms with Crippen molar-refractivity contribution in [1.82, 2.24) is 14.9 Å². The van der Waals surface area contributed by atoms with E-state index in [1.807, 2.05) is 60.7 Å². The van der Waals surface area contributed by atoms with Crippen molar-refractivity contribution in [3.63, 3.8) is 0 Å². The molecule has 1 aromatic heterocycles. The summed E-state index contributed by atoms with van der Waals surface area (Å²) in [5.74, 6) is -1.05. The molecule has 0 aliphatic carbocycles. The monoisotopic (exact) mass is 537 g/mol. The van der Waals surface area contributed by atoms with Gasteiger partial charge in [-0.15, -0.1) is 0 Å². The first-order chi connectivity index (χ1) is 18.1. The number of likely N-dealkylation sites (tertiary alicyclic amines) is 1. The van der Waals surface area contributed by atoms with E-state index in [4.69, 9.17) is 15.6 Å². The lowest BCUT2D eigenvalue weighted by molar-refractivity contribution is -0.140. The zero-order chi connectivity index (χ0) is 27.3. The van der Waals surface area contributed by atoms with Gasteiger partial charge in [-0.3, -0.25) is 15.0 Å². The third-order valence-corrected chi connectivity index (χ3v) is 7.14. The lowest BCUT2D eigenvalue weighted by Crippen LogP contribution is -2.55. The Morgan fingerprint density at radius 2 is 1.66 bits per heavy atom. The van der Waals surface area contributed by atoms with Crippen molar-refractivity contribution in [1.29, 1.82) is 5.41 Å². The van der Waals surface area contributed by atoms with Gasteiger partial charge in [-0.05, 0) is 36.1 Å². The Kier molecular flexibility index (Phi) is 8.28. The molecule has 200 valence electrons. The molecular weight excluding hydrogens is 506 g/mol. The fourth-order valence-electron chi connectivity index (χ4n) is 4.78. The minimum atomic E-state index is -3.79. The SMILES string of the molecule is CS(=O)(=O)NC(C(=O)N1CCCC1C(=O)NCc1ccc(C(=N)N)o1)C(c1ccccc1)c1ccccc1. The highest BCUT2D eigenvalue weighted by Crippen LogP contribution is 2.31. The van der Waals surface area contributed by atoms with Gasteiger partial charge in [0.05, 0.1) is 12.8 Å². The Labute approximate surface area is 221 Å². The molecule has 2 heterocycles. The normalized spacial score (nSPS) is 16.4. The number of rotatable bonds is 10. The minimum absolute atomic E-state index is 0.0618. The third kappa shape index (κ3) is 6.48. The molecule has 0 bridgehead atoms. The van der Waals surface area contributed by atoms with Crippen LogP contribution in [0.5, 0.6) is 0 Å². The molecule has 10 nitrogen and oxygen atoms in total. The molecule has 2 atom stereocenters. The maximum atomic E-state index is 14.0. The van der Waals surface area contributed by atoms with Gasteiger partial charge in [0.1, 0.15) is 17.8 Å². The number of nitrogens with zero attached hydrogens (tertiary/aromatic N) is 1. The number of carbonyl (C=O) groups excluding carboxylic acids is 2. The number of amidine groups is 1. The second-order valence-electron chi connectivity index (χ2n) is 9.25. The Balaban J connectivity index is 1.61. The van der Waals surface area contributed by atoms with Crippen LogP contribution in [0.1, 0.15) is 41.4 Å². The van der Waals surface area contributed by atoms with Crippen molar-refractivity contribution in [2.24, 2.45) is 5.73 Å². The smallest absolute Gasteiger partial charge is 0.243 e. The van der Waals surface area contributed by atoms with Crippen LogP contribution in [0.25, 0.3) is 0 Å². The maximum absolute atomic E-state index is 14.0. The standard InChI is InChI=1S/C27H31N5O5S/c1-38(35,36)31-24(23(18-9-4-2-5-10-18)19-11-6-3-7-12-19)27(34)32-16-8-13-21(32)26(33)30-17-20-14-15-22(37-20)25(28)29/h2-7,9-12,14-15,21,23-24,31H,8,13,16-17H2,1H3,(H3,28,29)(H,30,33). The third-order valence-electron chi connectivity index (χ3n) is 6.46. The van der Waals surface area contributed by atoms with E-state index in [0.29, 0.717) is 25.1 Å². The average Bonchev–Trinajstić information content (AvgIpc) is 3.57. The number of nitrogens with two attached hydrogens (primary N) is 1. The van der Waals surface area contributed by atoms with E-state index in [1.54, 1.807) is 12.1 Å². The molecular formula is C27H31N5O5S. The topological polar surface area (TPSA) is 159 Å². The fourth-order valence-corrected chi connectivity index (χ4v) is 5.48. The van der Waals surface area contributed by atoms with E-state index in [2.05, 4.69) is 10.0 Å². The Morgan fingerprint density at radius 1 is 1.05 bits per heavy atom. The molecule has 11 heteroatoms. The zero-order valence-electron chi connectivity index (χ0n) is 21.0. The summed E-state index contributed by atoms with van der Waals surface area (Å²) in [6.07, 6.45) is 2.07. The fraction of sp³-hybridized carbons (Fsp3) is 0.296. The molecule has 5 N–H and O–H groups in total. The van der Waals surface area contributed by atoms with E-state index in [1.165, 1.54) is 4.90 Å². The van der Waals surface area contributed by atoms with E-state index < -0.39 is 33.9 Å². The maximum Gasteiger partial charge on any atom is 0.243 e. The number of hydrogen-bond acceptors (Lipinski definition) is 6. The van der Waals surface area contributed by atoms with Gasteiger partial charge in [0, 0.05) is 12.5 Å². The summed E-state index contributed by atoms with van der Waals surface area (Å²) in [4.78, 5) is 28.6. The van der Waals surface area contributed by atoms with Crippen molar-refractivity contribution in [2.45, 2.75) is 37.4 Å². The van der Waals surface area contributed by atoms with Crippen LogP contribution < -0.4 is 15.8 Å². The zero-order valence-corrected chi connectivity index (χ0v) is 21.8. The van der Waals surface area contributed by atoms with Crippen molar-refractivity contribution >= 4 is 27.7 Å². The number of nitrogen functional groups attached to an aromatic ring is 1. The molecule has 1 aliphatic heterocycles. The molecule has 0 saturated carbocycles. The van der Waals surface area contributed by atoms with Crippen LogP contribution in [-0.2, 0) is 26.2 Å². The molecule has 4 rings (SSSR count). The summed E-state index contributed by atoms with van der Waals surface area (Å²) in [5.41, 5.74) is 6.97. The van der Waals surface area contributed by atoms with Gasteiger partial charge in [0.2, 0.25) is 21.8 Å². The van der Waals surface area contributed by atoms with Gasteiger partial charge in [-0.2, -0.15) is 0 Å². The predicted molar refractivity (Wildman–Crippen MR) is 143 cm³/mol. The summed E-state index contributed by atoms with van der Waals surface area (Å²) in [6, 6.07) is 19.7. The van der Waals surface area contributed by atoms with E-state index >= 15 is 0 Å². The first-order valence-corrected chi connectivity index (χ1v) is 14.1. The van der Waals surface area contributed by atoms with Crippen LogP contribution in [0.4, 0.5) is 0 Å². The van der Waals surface area contributed by atoms with Crippen LogP contribution >= 0.6 is 0 Å². The summed E-state index contributed by atoms with van der Waals surface area (Å²) in [5, 5.41) is 10.2. The molecule has 3 aromatic rings. The van der Waals surface area contributed by atoms with Gasteiger partial charge in [-0.1, -0.05) is 60.7 Å². The first kappa shape index (κ1) is 27.1. The molecule has 2 unspecified atom stereocenters. The summed E-state index contributed by atoms with van der Waals surface area (Å²) in [6.45, 7) is 0.386. The second-order valence-corrected chi connectivity index (χ2v) is 11.0. The van der Waals surface area contributed by atoms with Crippen LogP contribution in [0.15, 0.2) is 77.2 Å². The van der Waals surface area contributed by atoms with Crippen molar-refractivity contribution in [2.75, 3.05) is 12.8 Å². The second kappa shape index (κ2) is 11.6. The van der Waals surface area contributed by atoms with Crippen molar-refractivity contribution < 1.29 is 22.4 Å². The van der Waals surface area contributed by atoms with Crippen molar-refractivity contribution in [3.8, 4) is 0 Å². The van der Waals surface area contributed by atoms with E-state index in [0.717, 1.165) is 17.4 Å². The number of sulfonamides is 1. The number of benzene rings is 2. The van der Waals surface area contributed by atoms with Gasteiger partial charge >= 0.3 is 0 Å². The number of nitrogens with one attached hydrogen (secondary N) is 3. The van der Waals surface area contributed by atoms with Gasteiger partial charge in [0.25, 0.3) is 0 Å². The quantitative estimate of drug-likeness (QED) is 0.228. The molecule has 2 aromatic carbocycles. The van der Waals surface area contributed by atoms with Crippen LogP contribution in [0, 0.1) is 5.41 Å². The molecule has 1 aliphatic rings. The highest BCUT2D eigenvalue weighted by molar-refractivity contribution is 7.88. The number of amides is 2. The Morgan fingerprint density at radius 3 is 2.18 bits per heavy atom. The summed E-state index contributed by atoms with van der Waals surface area (Å²) in [7, 11) is -3.79. The van der Waals surface area contributed by atoms with Gasteiger partial charge in [0.15, 0.2) is 11.6 Å².